The van der Waals surface area contributed by atoms with Crippen molar-refractivity contribution in [2.45, 2.75) is 25.2 Å². The number of amides is 1. The largest absolute Gasteiger partial charge is 0.378 e. The lowest BCUT2D eigenvalue weighted by Gasteiger charge is -2.31. The maximum atomic E-state index is 13.1. The number of H-pyrrole nitrogens is 1. The molecular weight excluding hydrogens is 440 g/mol. The highest BCUT2D eigenvalue weighted by atomic mass is 32.2. The summed E-state index contributed by atoms with van der Waals surface area (Å²) in [5.41, 5.74) is 3.16. The van der Waals surface area contributed by atoms with Crippen molar-refractivity contribution in [3.63, 3.8) is 0 Å². The highest BCUT2D eigenvalue weighted by Crippen LogP contribution is 2.31. The van der Waals surface area contributed by atoms with E-state index in [1.807, 2.05) is 44.3 Å². The van der Waals surface area contributed by atoms with Gasteiger partial charge in [-0.3, -0.25) is 4.79 Å². The summed E-state index contributed by atoms with van der Waals surface area (Å²) in [6.07, 6.45) is 2.02. The van der Waals surface area contributed by atoms with Gasteiger partial charge in [0.2, 0.25) is 15.9 Å². The SMILES string of the molecule is CCN(CC)S(=O)(=O)c1ccc(N2CCOCC2)c(NC(=O)Cc2c[nH]c3ccccc23)c1. The molecule has 0 spiro atoms. The van der Waals surface area contributed by atoms with E-state index in [0.717, 1.165) is 22.2 Å². The molecule has 2 N–H and O–H groups in total. The van der Waals surface area contributed by atoms with Crippen molar-refractivity contribution in [3.05, 3.63) is 54.2 Å². The van der Waals surface area contributed by atoms with E-state index in [-0.39, 0.29) is 17.2 Å². The third-order valence-corrected chi connectivity index (χ3v) is 8.01. The summed E-state index contributed by atoms with van der Waals surface area (Å²) >= 11 is 0. The molecule has 3 aromatic rings. The van der Waals surface area contributed by atoms with E-state index in [2.05, 4.69) is 15.2 Å². The van der Waals surface area contributed by atoms with Crippen LogP contribution in [-0.4, -0.2) is 63.0 Å². The van der Waals surface area contributed by atoms with Crippen molar-refractivity contribution >= 4 is 38.2 Å². The predicted octanol–water partition coefficient (Wildman–Crippen LogP) is 3.22. The van der Waals surface area contributed by atoms with Crippen LogP contribution < -0.4 is 10.2 Å². The molecule has 176 valence electrons. The number of sulfonamides is 1. The van der Waals surface area contributed by atoms with E-state index in [9.17, 15) is 13.2 Å². The molecule has 4 rings (SSSR count). The number of aromatic amines is 1. The molecule has 1 aromatic heterocycles. The third kappa shape index (κ3) is 4.90. The predicted molar refractivity (Wildman–Crippen MR) is 130 cm³/mol. The van der Waals surface area contributed by atoms with Gasteiger partial charge in [-0.2, -0.15) is 4.31 Å². The first kappa shape index (κ1) is 23.3. The molecule has 1 amide bonds. The van der Waals surface area contributed by atoms with E-state index in [1.165, 1.54) is 4.31 Å². The lowest BCUT2D eigenvalue weighted by Crippen LogP contribution is -2.37. The second-order valence-corrected chi connectivity index (χ2v) is 9.89. The molecule has 0 aliphatic carbocycles. The summed E-state index contributed by atoms with van der Waals surface area (Å²) in [5.74, 6) is -0.202. The maximum absolute atomic E-state index is 13.1. The quantitative estimate of drug-likeness (QED) is 0.527. The van der Waals surface area contributed by atoms with Crippen LogP contribution in [0, 0.1) is 0 Å². The van der Waals surface area contributed by atoms with Gasteiger partial charge in [0.05, 0.1) is 35.9 Å². The van der Waals surface area contributed by atoms with E-state index in [0.29, 0.717) is 45.1 Å². The molecule has 2 aromatic carbocycles. The Bertz CT molecular complexity index is 1230. The number of carbonyl (C=O) groups is 1. The van der Waals surface area contributed by atoms with Crippen LogP contribution in [-0.2, 0) is 26.0 Å². The number of morpholine rings is 1. The Morgan fingerprint density at radius 1 is 1.12 bits per heavy atom. The molecule has 0 bridgehead atoms. The maximum Gasteiger partial charge on any atom is 0.243 e. The Morgan fingerprint density at radius 3 is 2.58 bits per heavy atom. The number of para-hydroxylation sites is 1. The van der Waals surface area contributed by atoms with Crippen LogP contribution in [0.25, 0.3) is 10.9 Å². The Labute approximate surface area is 194 Å². The van der Waals surface area contributed by atoms with Crippen molar-refractivity contribution in [1.29, 1.82) is 0 Å². The smallest absolute Gasteiger partial charge is 0.243 e. The first-order valence-corrected chi connectivity index (χ1v) is 12.7. The van der Waals surface area contributed by atoms with Gasteiger partial charge in [-0.25, -0.2) is 8.42 Å². The fourth-order valence-electron chi connectivity index (χ4n) is 4.21. The highest BCUT2D eigenvalue weighted by Gasteiger charge is 2.25. The Balaban J connectivity index is 1.65. The number of hydrogen-bond acceptors (Lipinski definition) is 5. The lowest BCUT2D eigenvalue weighted by molar-refractivity contribution is -0.115. The summed E-state index contributed by atoms with van der Waals surface area (Å²) in [5, 5.41) is 3.98. The standard InChI is InChI=1S/C24H30N4O4S/c1-3-28(4-2)33(30,31)19-9-10-23(27-11-13-32-14-12-27)22(16-19)26-24(29)15-18-17-25-21-8-6-5-7-20(18)21/h5-10,16-17,25H,3-4,11-15H2,1-2H3,(H,26,29). The minimum atomic E-state index is -3.65. The molecule has 0 atom stereocenters. The molecule has 0 radical (unpaired) electrons. The zero-order valence-electron chi connectivity index (χ0n) is 19.0. The highest BCUT2D eigenvalue weighted by molar-refractivity contribution is 7.89. The van der Waals surface area contributed by atoms with Crippen LogP contribution in [0.4, 0.5) is 11.4 Å². The van der Waals surface area contributed by atoms with Crippen LogP contribution in [0.3, 0.4) is 0 Å². The molecule has 1 fully saturated rings. The summed E-state index contributed by atoms with van der Waals surface area (Å²) < 4.78 is 33.1. The average molecular weight is 471 g/mol. The molecule has 0 saturated carbocycles. The van der Waals surface area contributed by atoms with Crippen molar-refractivity contribution < 1.29 is 17.9 Å². The van der Waals surface area contributed by atoms with Crippen molar-refractivity contribution in [2.75, 3.05) is 49.6 Å². The van der Waals surface area contributed by atoms with E-state index in [1.54, 1.807) is 18.2 Å². The van der Waals surface area contributed by atoms with Crippen LogP contribution >= 0.6 is 0 Å². The minimum Gasteiger partial charge on any atom is -0.378 e. The number of fused-ring (bicyclic) bond motifs is 1. The number of carbonyl (C=O) groups excluding carboxylic acids is 1. The van der Waals surface area contributed by atoms with Gasteiger partial charge in [0.1, 0.15) is 0 Å². The average Bonchev–Trinajstić information content (AvgIpc) is 3.23. The number of nitrogens with zero attached hydrogens (tertiary/aromatic N) is 2. The molecule has 8 nitrogen and oxygen atoms in total. The zero-order chi connectivity index (χ0) is 23.4. The molecule has 1 aliphatic rings. The van der Waals surface area contributed by atoms with Gasteiger partial charge in [-0.1, -0.05) is 32.0 Å². The normalized spacial score (nSPS) is 14.7. The zero-order valence-corrected chi connectivity index (χ0v) is 19.8. The van der Waals surface area contributed by atoms with Crippen molar-refractivity contribution in [3.8, 4) is 0 Å². The number of rotatable bonds is 8. The molecule has 2 heterocycles. The first-order chi connectivity index (χ1) is 15.9. The number of aromatic nitrogens is 1. The van der Waals surface area contributed by atoms with Gasteiger partial charge >= 0.3 is 0 Å². The molecule has 1 saturated heterocycles. The van der Waals surface area contributed by atoms with Gasteiger partial charge < -0.3 is 19.9 Å². The molecule has 0 unspecified atom stereocenters. The lowest BCUT2D eigenvalue weighted by atomic mass is 10.1. The van der Waals surface area contributed by atoms with Crippen LogP contribution in [0.2, 0.25) is 0 Å². The van der Waals surface area contributed by atoms with Crippen molar-refractivity contribution in [2.24, 2.45) is 0 Å². The van der Waals surface area contributed by atoms with Crippen LogP contribution in [0.5, 0.6) is 0 Å². The monoisotopic (exact) mass is 470 g/mol. The number of benzene rings is 2. The number of anilines is 2. The fourth-order valence-corrected chi connectivity index (χ4v) is 5.70. The second kappa shape index (κ2) is 9.94. The van der Waals surface area contributed by atoms with Crippen LogP contribution in [0.15, 0.2) is 53.6 Å². The Morgan fingerprint density at radius 2 is 1.85 bits per heavy atom. The van der Waals surface area contributed by atoms with Gasteiger partial charge in [-0.05, 0) is 29.8 Å². The number of ether oxygens (including phenoxy) is 1. The Kier molecular flexibility index (Phi) is 7.02. The second-order valence-electron chi connectivity index (χ2n) is 7.95. The minimum absolute atomic E-state index is 0.172. The molecule has 9 heteroatoms. The first-order valence-electron chi connectivity index (χ1n) is 11.3. The topological polar surface area (TPSA) is 94.7 Å². The van der Waals surface area contributed by atoms with Gasteiger partial charge in [0.15, 0.2) is 0 Å². The molecule has 33 heavy (non-hydrogen) atoms. The summed E-state index contributed by atoms with van der Waals surface area (Å²) in [6, 6.07) is 12.8. The van der Waals surface area contributed by atoms with E-state index in [4.69, 9.17) is 4.74 Å². The number of hydrogen-bond donors (Lipinski definition) is 2. The number of nitrogens with one attached hydrogen (secondary N) is 2. The van der Waals surface area contributed by atoms with Gasteiger partial charge in [-0.15, -0.1) is 0 Å². The summed E-state index contributed by atoms with van der Waals surface area (Å²) in [4.78, 5) is 18.5. The molecular formula is C24H30N4O4S. The van der Waals surface area contributed by atoms with E-state index >= 15 is 0 Å². The Hall–Kier alpha value is -2.88. The molecule has 1 aliphatic heterocycles. The summed E-state index contributed by atoms with van der Waals surface area (Å²) in [6.45, 7) is 6.91. The van der Waals surface area contributed by atoms with Gasteiger partial charge in [0, 0.05) is 43.3 Å². The summed E-state index contributed by atoms with van der Waals surface area (Å²) in [7, 11) is -3.65. The van der Waals surface area contributed by atoms with Crippen molar-refractivity contribution in [1.82, 2.24) is 9.29 Å². The van der Waals surface area contributed by atoms with E-state index < -0.39 is 10.0 Å². The fraction of sp³-hybridized carbons (Fsp3) is 0.375. The van der Waals surface area contributed by atoms with Crippen LogP contribution in [0.1, 0.15) is 19.4 Å². The van der Waals surface area contributed by atoms with Gasteiger partial charge in [0.25, 0.3) is 0 Å². The third-order valence-electron chi connectivity index (χ3n) is 5.96.